The number of nitrogens with one attached hydrogen (secondary N) is 1. The van der Waals surface area contributed by atoms with Gasteiger partial charge in [0, 0.05) is 29.5 Å². The monoisotopic (exact) mass is 426 g/mol. The van der Waals surface area contributed by atoms with E-state index in [0.29, 0.717) is 5.11 Å². The zero-order valence-corrected chi connectivity index (χ0v) is 17.8. The van der Waals surface area contributed by atoms with Crippen molar-refractivity contribution in [1.82, 2.24) is 14.9 Å². The van der Waals surface area contributed by atoms with Gasteiger partial charge in [0.25, 0.3) is 0 Å². The molecule has 2 aromatic heterocycles. The van der Waals surface area contributed by atoms with Crippen molar-refractivity contribution >= 4 is 23.0 Å². The summed E-state index contributed by atoms with van der Waals surface area (Å²) in [6.07, 6.45) is 3.88. The zero-order valence-electron chi connectivity index (χ0n) is 17.0. The van der Waals surface area contributed by atoms with Crippen LogP contribution in [-0.2, 0) is 0 Å². The third-order valence-corrected chi connectivity index (χ3v) is 5.94. The third-order valence-electron chi connectivity index (χ3n) is 5.62. The second-order valence-corrected chi connectivity index (χ2v) is 8.04. The number of aryl methyl sites for hydroxylation is 1. The molecule has 5 rings (SSSR count). The molecule has 31 heavy (non-hydrogen) atoms. The average Bonchev–Trinajstić information content (AvgIpc) is 3.40. The number of benzene rings is 2. The molecule has 2 unspecified atom stereocenters. The van der Waals surface area contributed by atoms with Gasteiger partial charge in [-0.2, -0.15) is 0 Å². The summed E-state index contributed by atoms with van der Waals surface area (Å²) in [5.41, 5.74) is 5.25. The Hall–Kier alpha value is -3.64. The number of hydrogen-bond acceptors (Lipinski definition) is 3. The van der Waals surface area contributed by atoms with E-state index in [1.807, 2.05) is 30.3 Å². The zero-order chi connectivity index (χ0) is 21.4. The summed E-state index contributed by atoms with van der Waals surface area (Å²) < 4.78 is 2.20. The van der Waals surface area contributed by atoms with Gasteiger partial charge >= 0.3 is 0 Å². The van der Waals surface area contributed by atoms with Gasteiger partial charge < -0.3 is 19.9 Å². The van der Waals surface area contributed by atoms with Crippen LogP contribution in [0.4, 0.5) is 5.69 Å². The maximum atomic E-state index is 9.78. The fraction of sp³-hybridized carbons (Fsp3) is 0.120. The van der Waals surface area contributed by atoms with Crippen LogP contribution in [0.1, 0.15) is 29.0 Å². The fourth-order valence-electron chi connectivity index (χ4n) is 4.12. The van der Waals surface area contributed by atoms with Crippen molar-refractivity contribution < 1.29 is 5.11 Å². The average molecular weight is 427 g/mol. The van der Waals surface area contributed by atoms with Gasteiger partial charge in [-0.1, -0.05) is 23.8 Å². The second-order valence-electron chi connectivity index (χ2n) is 7.65. The van der Waals surface area contributed by atoms with Gasteiger partial charge in [-0.3, -0.25) is 4.98 Å². The lowest BCUT2D eigenvalue weighted by atomic mass is 10.0. The highest BCUT2D eigenvalue weighted by Gasteiger charge is 2.42. The number of aromatic nitrogens is 2. The normalized spacial score (nSPS) is 18.2. The highest BCUT2D eigenvalue weighted by molar-refractivity contribution is 7.80. The van der Waals surface area contributed by atoms with E-state index in [0.717, 1.165) is 22.8 Å². The number of aromatic hydroxyl groups is 1. The van der Waals surface area contributed by atoms with Crippen molar-refractivity contribution in [2.24, 2.45) is 0 Å². The van der Waals surface area contributed by atoms with Gasteiger partial charge in [-0.25, -0.2) is 0 Å². The number of nitrogens with zero attached hydrogens (tertiary/aromatic N) is 3. The standard InChI is InChI=1S/C25H22N4OS/c1-17-7-9-18(10-8-17)28-16-4-6-22(28)24-23(21-5-2-3-15-26-21)27-25(31)29(24)19-11-13-20(30)14-12-19/h2-16,23-24,30H,1H3,(H,27,31). The number of thiocarbonyl (C=S) groups is 1. The van der Waals surface area contributed by atoms with Gasteiger partial charge in [-0.15, -0.1) is 0 Å². The number of phenolic OH excluding ortho intramolecular Hbond substituents is 1. The van der Waals surface area contributed by atoms with Crippen LogP contribution in [-0.4, -0.2) is 19.8 Å². The molecule has 4 aromatic rings. The smallest absolute Gasteiger partial charge is 0.174 e. The molecule has 3 heterocycles. The summed E-state index contributed by atoms with van der Waals surface area (Å²) in [6.45, 7) is 2.09. The summed E-state index contributed by atoms with van der Waals surface area (Å²) >= 11 is 5.78. The number of rotatable bonds is 4. The molecule has 0 bridgehead atoms. The Kier molecular flexibility index (Phi) is 4.92. The van der Waals surface area contributed by atoms with Crippen LogP contribution in [0.25, 0.3) is 5.69 Å². The topological polar surface area (TPSA) is 53.3 Å². The van der Waals surface area contributed by atoms with Gasteiger partial charge in [0.2, 0.25) is 0 Å². The molecule has 2 atom stereocenters. The summed E-state index contributed by atoms with van der Waals surface area (Å²) in [5, 5.41) is 13.9. The van der Waals surface area contributed by atoms with E-state index in [1.165, 1.54) is 5.56 Å². The lowest BCUT2D eigenvalue weighted by Crippen LogP contribution is -2.30. The van der Waals surface area contributed by atoms with Gasteiger partial charge in [0.15, 0.2) is 5.11 Å². The molecule has 6 heteroatoms. The van der Waals surface area contributed by atoms with E-state index in [2.05, 4.69) is 69.3 Å². The van der Waals surface area contributed by atoms with Crippen LogP contribution in [0.5, 0.6) is 5.75 Å². The maximum absolute atomic E-state index is 9.78. The van der Waals surface area contributed by atoms with Crippen molar-refractivity contribution in [2.75, 3.05) is 4.90 Å². The molecule has 0 saturated carbocycles. The molecule has 1 saturated heterocycles. The van der Waals surface area contributed by atoms with E-state index in [-0.39, 0.29) is 17.8 Å². The van der Waals surface area contributed by atoms with E-state index >= 15 is 0 Å². The number of hydrogen-bond donors (Lipinski definition) is 2. The molecule has 5 nitrogen and oxygen atoms in total. The van der Waals surface area contributed by atoms with Crippen molar-refractivity contribution in [1.29, 1.82) is 0 Å². The summed E-state index contributed by atoms with van der Waals surface area (Å²) in [4.78, 5) is 6.72. The van der Waals surface area contributed by atoms with Crippen LogP contribution in [0.15, 0.2) is 91.3 Å². The minimum absolute atomic E-state index is 0.122. The minimum atomic E-state index is -0.124. The Labute approximate surface area is 186 Å². The second kappa shape index (κ2) is 7.89. The summed E-state index contributed by atoms with van der Waals surface area (Å²) in [7, 11) is 0. The summed E-state index contributed by atoms with van der Waals surface area (Å²) in [5.74, 6) is 0.225. The Morgan fingerprint density at radius 1 is 0.903 bits per heavy atom. The molecular formula is C25H22N4OS. The largest absolute Gasteiger partial charge is 0.508 e. The number of pyridine rings is 1. The van der Waals surface area contributed by atoms with Crippen LogP contribution >= 0.6 is 12.2 Å². The van der Waals surface area contributed by atoms with E-state index in [4.69, 9.17) is 12.2 Å². The molecule has 0 spiro atoms. The van der Waals surface area contributed by atoms with Gasteiger partial charge in [0.1, 0.15) is 11.8 Å². The third kappa shape index (κ3) is 3.55. The molecular weight excluding hydrogens is 404 g/mol. The maximum Gasteiger partial charge on any atom is 0.174 e. The quantitative estimate of drug-likeness (QED) is 0.447. The first-order valence-electron chi connectivity index (χ1n) is 10.2. The van der Waals surface area contributed by atoms with Crippen LogP contribution < -0.4 is 10.2 Å². The predicted molar refractivity (Wildman–Crippen MR) is 127 cm³/mol. The highest BCUT2D eigenvalue weighted by atomic mass is 32.1. The fourth-order valence-corrected chi connectivity index (χ4v) is 4.47. The Morgan fingerprint density at radius 3 is 2.35 bits per heavy atom. The van der Waals surface area contributed by atoms with E-state index in [1.54, 1.807) is 18.3 Å². The van der Waals surface area contributed by atoms with E-state index < -0.39 is 0 Å². The number of anilines is 1. The predicted octanol–water partition coefficient (Wildman–Crippen LogP) is 5.06. The number of phenols is 1. The molecule has 2 aromatic carbocycles. The first-order chi connectivity index (χ1) is 15.1. The van der Waals surface area contributed by atoms with E-state index in [9.17, 15) is 5.11 Å². The lowest BCUT2D eigenvalue weighted by molar-refractivity contribution is 0.475. The van der Waals surface area contributed by atoms with Crippen molar-refractivity contribution in [3.05, 3.63) is 108 Å². The van der Waals surface area contributed by atoms with Gasteiger partial charge in [-0.05, 0) is 79.8 Å². The molecule has 0 aliphatic carbocycles. The molecule has 2 N–H and O–H groups in total. The molecule has 0 amide bonds. The Bertz CT molecular complexity index is 1200. The van der Waals surface area contributed by atoms with Crippen molar-refractivity contribution in [3.8, 4) is 11.4 Å². The highest BCUT2D eigenvalue weighted by Crippen LogP contribution is 2.42. The first kappa shape index (κ1) is 19.3. The first-order valence-corrected chi connectivity index (χ1v) is 10.6. The molecule has 1 fully saturated rings. The van der Waals surface area contributed by atoms with Crippen LogP contribution in [0, 0.1) is 6.92 Å². The Balaban J connectivity index is 1.66. The molecule has 0 radical (unpaired) electrons. The van der Waals surface area contributed by atoms with Crippen molar-refractivity contribution in [2.45, 2.75) is 19.0 Å². The molecule has 1 aliphatic heterocycles. The molecule has 1 aliphatic rings. The van der Waals surface area contributed by atoms with Crippen LogP contribution in [0.2, 0.25) is 0 Å². The summed E-state index contributed by atoms with van der Waals surface area (Å²) in [6, 6.07) is 25.5. The van der Waals surface area contributed by atoms with Crippen molar-refractivity contribution in [3.63, 3.8) is 0 Å². The SMILES string of the molecule is Cc1ccc(-n2cccc2C2C(c3ccccn3)NC(=S)N2c2ccc(O)cc2)cc1. The van der Waals surface area contributed by atoms with Crippen LogP contribution in [0.3, 0.4) is 0 Å². The van der Waals surface area contributed by atoms with Gasteiger partial charge in [0.05, 0.1) is 11.7 Å². The lowest BCUT2D eigenvalue weighted by Gasteiger charge is -2.29. The Morgan fingerprint density at radius 2 is 1.65 bits per heavy atom. The minimum Gasteiger partial charge on any atom is -0.508 e. The molecule has 154 valence electrons.